The molecule has 2 heterocycles. The van der Waals surface area contributed by atoms with Gasteiger partial charge in [0.05, 0.1) is 37.8 Å². The van der Waals surface area contributed by atoms with Crippen molar-refractivity contribution in [1.82, 2.24) is 0 Å². The van der Waals surface area contributed by atoms with Crippen molar-refractivity contribution in [3.8, 4) is 0 Å². The van der Waals surface area contributed by atoms with Crippen molar-refractivity contribution >= 4 is 11.8 Å². The zero-order valence-corrected chi connectivity index (χ0v) is 16.8. The second-order valence-electron chi connectivity index (χ2n) is 8.75. The fourth-order valence-corrected chi connectivity index (χ4v) is 5.09. The van der Waals surface area contributed by atoms with E-state index in [0.29, 0.717) is 19.8 Å². The standard InChI is InChI=1S/C21H28O7/c1-5-25-17(23)14-7-6-13-10-28-21(24-4)15(22)8-9-20(14,16(13)21)18-26-11-19(2,3)12-27-18/h6-9,13-14,16,18H,5,10-12H2,1-4H3/t13-,14+,16+,20+,21-/m0/s1. The van der Waals surface area contributed by atoms with Gasteiger partial charge in [-0.25, -0.2) is 0 Å². The summed E-state index contributed by atoms with van der Waals surface area (Å²) in [5.74, 6) is -3.29. The van der Waals surface area contributed by atoms with E-state index in [4.69, 9.17) is 23.7 Å². The fraction of sp³-hybridized carbons (Fsp3) is 0.714. The van der Waals surface area contributed by atoms with Crippen LogP contribution < -0.4 is 0 Å². The van der Waals surface area contributed by atoms with Crippen LogP contribution in [0.1, 0.15) is 20.8 Å². The van der Waals surface area contributed by atoms with Crippen LogP contribution >= 0.6 is 0 Å². The zero-order valence-electron chi connectivity index (χ0n) is 16.8. The molecule has 4 rings (SSSR count). The van der Waals surface area contributed by atoms with E-state index in [-0.39, 0.29) is 29.7 Å². The van der Waals surface area contributed by atoms with Gasteiger partial charge in [0.25, 0.3) is 0 Å². The molecule has 2 aliphatic heterocycles. The van der Waals surface area contributed by atoms with Crippen molar-refractivity contribution in [3.05, 3.63) is 24.3 Å². The molecule has 0 aromatic rings. The van der Waals surface area contributed by atoms with Gasteiger partial charge in [-0.3, -0.25) is 9.59 Å². The van der Waals surface area contributed by atoms with Gasteiger partial charge in [-0.05, 0) is 13.0 Å². The molecule has 0 radical (unpaired) electrons. The van der Waals surface area contributed by atoms with E-state index in [1.807, 2.05) is 12.2 Å². The van der Waals surface area contributed by atoms with E-state index in [1.165, 1.54) is 13.2 Å². The Morgan fingerprint density at radius 2 is 1.96 bits per heavy atom. The molecular formula is C21H28O7. The highest BCUT2D eigenvalue weighted by molar-refractivity contribution is 5.98. The third kappa shape index (κ3) is 2.64. The zero-order chi connectivity index (χ0) is 20.2. The van der Waals surface area contributed by atoms with Gasteiger partial charge in [-0.15, -0.1) is 0 Å². The quantitative estimate of drug-likeness (QED) is 0.534. The lowest BCUT2D eigenvalue weighted by molar-refractivity contribution is -0.302. The van der Waals surface area contributed by atoms with Crippen molar-refractivity contribution in [2.45, 2.75) is 32.8 Å². The van der Waals surface area contributed by atoms with Crippen LogP contribution in [0.15, 0.2) is 24.3 Å². The summed E-state index contributed by atoms with van der Waals surface area (Å²) in [6.07, 6.45) is 6.28. The number of carbonyl (C=O) groups excluding carboxylic acids is 2. The number of carbonyl (C=O) groups is 2. The second-order valence-corrected chi connectivity index (χ2v) is 8.75. The van der Waals surface area contributed by atoms with Gasteiger partial charge >= 0.3 is 5.97 Å². The summed E-state index contributed by atoms with van der Waals surface area (Å²) >= 11 is 0. The van der Waals surface area contributed by atoms with Crippen LogP contribution in [0.5, 0.6) is 0 Å². The Balaban J connectivity index is 1.85. The number of hydrogen-bond acceptors (Lipinski definition) is 7. The number of ketones is 1. The van der Waals surface area contributed by atoms with Crippen molar-refractivity contribution in [2.75, 3.05) is 33.5 Å². The SMILES string of the molecule is CCOC(=O)[C@H]1C=C[C@H]2CO[C@@]3(OC)C(=O)C=C[C@]1(C1OCC(C)(C)CO1)[C@@H]23. The molecule has 0 saturated carbocycles. The van der Waals surface area contributed by atoms with Crippen LogP contribution in [0.3, 0.4) is 0 Å². The molecule has 0 bridgehead atoms. The Labute approximate surface area is 165 Å². The molecule has 0 aromatic carbocycles. The van der Waals surface area contributed by atoms with Crippen LogP contribution in [0.4, 0.5) is 0 Å². The van der Waals surface area contributed by atoms with Gasteiger partial charge in [0.1, 0.15) is 0 Å². The lowest BCUT2D eigenvalue weighted by Crippen LogP contribution is -2.65. The predicted molar refractivity (Wildman–Crippen MR) is 98.0 cm³/mol. The van der Waals surface area contributed by atoms with Crippen LogP contribution in [0.2, 0.25) is 0 Å². The van der Waals surface area contributed by atoms with E-state index in [2.05, 4.69) is 13.8 Å². The second kappa shape index (κ2) is 6.76. The molecular weight excluding hydrogens is 364 g/mol. The minimum Gasteiger partial charge on any atom is -0.466 e. The minimum absolute atomic E-state index is 0.0957. The van der Waals surface area contributed by atoms with Crippen LogP contribution in [-0.2, 0) is 33.3 Å². The molecule has 7 heteroatoms. The molecule has 5 atom stereocenters. The van der Waals surface area contributed by atoms with Gasteiger partial charge in [-0.1, -0.05) is 32.1 Å². The fourth-order valence-electron chi connectivity index (χ4n) is 5.09. The predicted octanol–water partition coefficient (Wildman–Crippen LogP) is 1.87. The first-order valence-electron chi connectivity index (χ1n) is 9.81. The molecule has 2 saturated heterocycles. The maximum Gasteiger partial charge on any atom is 0.313 e. The first kappa shape index (κ1) is 19.8. The monoisotopic (exact) mass is 392 g/mol. The van der Waals surface area contributed by atoms with Gasteiger partial charge in [0.2, 0.25) is 11.6 Å². The topological polar surface area (TPSA) is 80.3 Å². The summed E-state index contributed by atoms with van der Waals surface area (Å²) in [4.78, 5) is 25.8. The lowest BCUT2D eigenvalue weighted by Gasteiger charge is -2.55. The number of hydrogen-bond donors (Lipinski definition) is 0. The molecule has 0 spiro atoms. The van der Waals surface area contributed by atoms with Gasteiger partial charge in [0.15, 0.2) is 6.29 Å². The van der Waals surface area contributed by atoms with Gasteiger partial charge in [0, 0.05) is 24.4 Å². The van der Waals surface area contributed by atoms with Crippen molar-refractivity contribution in [3.63, 3.8) is 0 Å². The summed E-state index contributed by atoms with van der Waals surface area (Å²) in [5, 5.41) is 0. The molecule has 2 aliphatic carbocycles. The Hall–Kier alpha value is -1.54. The van der Waals surface area contributed by atoms with E-state index in [0.717, 1.165) is 0 Å². The van der Waals surface area contributed by atoms with Crippen molar-refractivity contribution < 1.29 is 33.3 Å². The molecule has 0 unspecified atom stereocenters. The maximum absolute atomic E-state index is 13.0. The number of esters is 1. The van der Waals surface area contributed by atoms with Gasteiger partial charge in [-0.2, -0.15) is 0 Å². The number of ether oxygens (including phenoxy) is 5. The molecule has 28 heavy (non-hydrogen) atoms. The van der Waals surface area contributed by atoms with E-state index < -0.39 is 29.3 Å². The first-order valence-corrected chi connectivity index (χ1v) is 9.81. The van der Waals surface area contributed by atoms with Crippen molar-refractivity contribution in [1.29, 1.82) is 0 Å². The highest BCUT2D eigenvalue weighted by atomic mass is 16.7. The van der Waals surface area contributed by atoms with Gasteiger partial charge < -0.3 is 23.7 Å². The summed E-state index contributed by atoms with van der Waals surface area (Å²) in [6, 6.07) is 0. The molecule has 0 amide bonds. The maximum atomic E-state index is 13.0. The molecule has 0 N–H and O–H groups in total. The average Bonchev–Trinajstić information content (AvgIpc) is 3.07. The Morgan fingerprint density at radius 3 is 2.61 bits per heavy atom. The lowest BCUT2D eigenvalue weighted by atomic mass is 9.54. The summed E-state index contributed by atoms with van der Waals surface area (Å²) in [6.45, 7) is 7.46. The largest absolute Gasteiger partial charge is 0.466 e. The Bertz CT molecular complexity index is 716. The van der Waals surface area contributed by atoms with E-state index >= 15 is 0 Å². The molecule has 4 aliphatic rings. The molecule has 154 valence electrons. The number of methoxy groups -OCH3 is 1. The smallest absolute Gasteiger partial charge is 0.313 e. The summed E-state index contributed by atoms with van der Waals surface area (Å²) < 4.78 is 29.3. The highest BCUT2D eigenvalue weighted by Crippen LogP contribution is 2.61. The van der Waals surface area contributed by atoms with Crippen molar-refractivity contribution in [2.24, 2.45) is 28.6 Å². The van der Waals surface area contributed by atoms with Crippen LogP contribution in [-0.4, -0.2) is 57.4 Å². The number of rotatable bonds is 4. The summed E-state index contributed by atoms with van der Waals surface area (Å²) in [7, 11) is 1.47. The van der Waals surface area contributed by atoms with E-state index in [9.17, 15) is 9.59 Å². The van der Waals surface area contributed by atoms with Crippen LogP contribution in [0, 0.1) is 28.6 Å². The molecule has 7 nitrogen and oxygen atoms in total. The Kier molecular flexibility index (Phi) is 4.77. The highest BCUT2D eigenvalue weighted by Gasteiger charge is 2.71. The summed E-state index contributed by atoms with van der Waals surface area (Å²) in [5.41, 5.74) is -1.09. The third-order valence-electron chi connectivity index (χ3n) is 6.33. The van der Waals surface area contributed by atoms with E-state index in [1.54, 1.807) is 13.0 Å². The van der Waals surface area contributed by atoms with Crippen LogP contribution in [0.25, 0.3) is 0 Å². The first-order chi connectivity index (χ1) is 13.3. The molecule has 0 aromatic heterocycles. The minimum atomic E-state index is -1.45. The third-order valence-corrected chi connectivity index (χ3v) is 6.33. The normalized spacial score (nSPS) is 41.7. The molecule has 2 fully saturated rings. The Morgan fingerprint density at radius 1 is 1.25 bits per heavy atom. The average molecular weight is 392 g/mol.